The van der Waals surface area contributed by atoms with E-state index in [9.17, 15) is 9.59 Å². The van der Waals surface area contributed by atoms with Gasteiger partial charge in [0.2, 0.25) is 11.8 Å². The fourth-order valence-corrected chi connectivity index (χ4v) is 2.69. The summed E-state index contributed by atoms with van der Waals surface area (Å²) in [7, 11) is 0. The number of carbonyl (C=O) groups excluding carboxylic acids is 2. The molecule has 1 aromatic carbocycles. The van der Waals surface area contributed by atoms with Crippen molar-refractivity contribution in [3.8, 4) is 0 Å². The van der Waals surface area contributed by atoms with Crippen LogP contribution in [-0.2, 0) is 27.5 Å². The third-order valence-electron chi connectivity index (χ3n) is 4.37. The Labute approximate surface area is 181 Å². The summed E-state index contributed by atoms with van der Waals surface area (Å²) in [6.45, 7) is 4.23. The van der Waals surface area contributed by atoms with Crippen LogP contribution in [0.1, 0.15) is 44.1 Å². The van der Waals surface area contributed by atoms with E-state index >= 15 is 0 Å². The summed E-state index contributed by atoms with van der Waals surface area (Å²) in [5.41, 5.74) is 5.84. The number of aromatic nitrogens is 4. The lowest BCUT2D eigenvalue weighted by Crippen LogP contribution is -2.51. The SMILES string of the molecule is CC(C)(N)C(=O)N[C@H](COCc1ccccc1)c1nnnn1CCCC(=O)NCCO. The molecule has 11 nitrogen and oxygen atoms in total. The van der Waals surface area contributed by atoms with Gasteiger partial charge in [0.05, 0.1) is 25.4 Å². The third kappa shape index (κ3) is 8.40. The number of ether oxygens (including phenoxy) is 1. The van der Waals surface area contributed by atoms with E-state index in [4.69, 9.17) is 15.6 Å². The Hall–Kier alpha value is -2.89. The van der Waals surface area contributed by atoms with E-state index in [0.29, 0.717) is 25.4 Å². The van der Waals surface area contributed by atoms with Crippen LogP contribution in [0.5, 0.6) is 0 Å². The van der Waals surface area contributed by atoms with Gasteiger partial charge in [0, 0.05) is 19.5 Å². The summed E-state index contributed by atoms with van der Waals surface area (Å²) in [4.78, 5) is 24.2. The minimum absolute atomic E-state index is 0.106. The molecule has 0 radical (unpaired) electrons. The van der Waals surface area contributed by atoms with Gasteiger partial charge in [-0.3, -0.25) is 9.59 Å². The van der Waals surface area contributed by atoms with Crippen LogP contribution in [-0.4, -0.2) is 62.4 Å². The average Bonchev–Trinajstić information content (AvgIpc) is 3.20. The second kappa shape index (κ2) is 12.1. The second-order valence-electron chi connectivity index (χ2n) is 7.69. The van der Waals surface area contributed by atoms with Gasteiger partial charge in [-0.15, -0.1) is 5.10 Å². The minimum atomic E-state index is -1.08. The molecule has 1 aromatic heterocycles. The average molecular weight is 434 g/mol. The summed E-state index contributed by atoms with van der Waals surface area (Å²) >= 11 is 0. The lowest BCUT2D eigenvalue weighted by atomic mass is 10.1. The van der Waals surface area contributed by atoms with Crippen LogP contribution in [0.2, 0.25) is 0 Å². The number of aliphatic hydroxyl groups excluding tert-OH is 1. The van der Waals surface area contributed by atoms with E-state index < -0.39 is 11.6 Å². The Morgan fingerprint density at radius 1 is 1.29 bits per heavy atom. The quantitative estimate of drug-likeness (QED) is 0.334. The van der Waals surface area contributed by atoms with E-state index in [1.807, 2.05) is 30.3 Å². The molecule has 0 saturated heterocycles. The summed E-state index contributed by atoms with van der Waals surface area (Å²) in [5, 5.41) is 26.0. The molecule has 11 heteroatoms. The highest BCUT2D eigenvalue weighted by Gasteiger charge is 2.28. The van der Waals surface area contributed by atoms with Gasteiger partial charge in [-0.1, -0.05) is 30.3 Å². The predicted molar refractivity (Wildman–Crippen MR) is 112 cm³/mol. The van der Waals surface area contributed by atoms with Crippen LogP contribution in [0.25, 0.3) is 0 Å². The number of amides is 2. The number of aryl methyl sites for hydroxylation is 1. The van der Waals surface area contributed by atoms with Crippen LogP contribution in [0, 0.1) is 0 Å². The van der Waals surface area contributed by atoms with Crippen LogP contribution in [0.3, 0.4) is 0 Å². The van der Waals surface area contributed by atoms with Gasteiger partial charge < -0.3 is 26.2 Å². The van der Waals surface area contributed by atoms with Gasteiger partial charge in [0.25, 0.3) is 0 Å². The van der Waals surface area contributed by atoms with Crippen molar-refractivity contribution in [2.24, 2.45) is 5.73 Å². The van der Waals surface area contributed by atoms with Gasteiger partial charge in [-0.2, -0.15) is 0 Å². The highest BCUT2D eigenvalue weighted by molar-refractivity contribution is 5.85. The van der Waals surface area contributed by atoms with E-state index in [1.165, 1.54) is 0 Å². The largest absolute Gasteiger partial charge is 0.395 e. The highest BCUT2D eigenvalue weighted by Crippen LogP contribution is 2.14. The smallest absolute Gasteiger partial charge is 0.240 e. The topological polar surface area (TPSA) is 157 Å². The van der Waals surface area contributed by atoms with Crippen LogP contribution in [0.4, 0.5) is 0 Å². The summed E-state index contributed by atoms with van der Waals surface area (Å²) in [6, 6.07) is 9.05. The van der Waals surface area contributed by atoms with Crippen molar-refractivity contribution in [3.05, 3.63) is 41.7 Å². The Bertz CT molecular complexity index is 820. The number of hydrogen-bond donors (Lipinski definition) is 4. The molecule has 31 heavy (non-hydrogen) atoms. The molecular formula is C20H31N7O4. The molecule has 0 fully saturated rings. The highest BCUT2D eigenvalue weighted by atomic mass is 16.5. The summed E-state index contributed by atoms with van der Waals surface area (Å²) in [6.07, 6.45) is 0.750. The van der Waals surface area contributed by atoms with Crippen LogP contribution >= 0.6 is 0 Å². The first-order valence-electron chi connectivity index (χ1n) is 10.2. The molecule has 0 unspecified atom stereocenters. The molecule has 0 aliphatic carbocycles. The van der Waals surface area contributed by atoms with Gasteiger partial charge in [0.1, 0.15) is 6.04 Å². The Morgan fingerprint density at radius 3 is 2.71 bits per heavy atom. The molecule has 2 rings (SSSR count). The summed E-state index contributed by atoms with van der Waals surface area (Å²) in [5.74, 6) is -0.107. The maximum atomic E-state index is 12.5. The predicted octanol–water partition coefficient (Wildman–Crippen LogP) is -0.327. The molecule has 5 N–H and O–H groups in total. The Morgan fingerprint density at radius 2 is 2.03 bits per heavy atom. The van der Waals surface area contributed by atoms with E-state index in [-0.39, 0.29) is 38.0 Å². The van der Waals surface area contributed by atoms with Crippen molar-refractivity contribution in [1.29, 1.82) is 0 Å². The zero-order valence-electron chi connectivity index (χ0n) is 18.0. The standard InChI is InChI=1S/C20H31N7O4/c1-20(2,21)19(30)23-16(14-31-13-15-7-4-3-5-8-15)18-24-25-26-27(18)11-6-9-17(29)22-10-12-28/h3-5,7-8,16,28H,6,9-14,21H2,1-2H3,(H,22,29)(H,23,30)/t16-/m1/s1. The lowest BCUT2D eigenvalue weighted by molar-refractivity contribution is -0.126. The van der Waals surface area contributed by atoms with Crippen molar-refractivity contribution in [1.82, 2.24) is 30.8 Å². The fourth-order valence-electron chi connectivity index (χ4n) is 2.69. The minimum Gasteiger partial charge on any atom is -0.395 e. The number of nitrogens with zero attached hydrogens (tertiary/aromatic N) is 4. The van der Waals surface area contributed by atoms with Crippen molar-refractivity contribution >= 4 is 11.8 Å². The normalized spacial score (nSPS) is 12.4. The number of benzene rings is 1. The van der Waals surface area contributed by atoms with Crippen molar-refractivity contribution in [2.45, 2.75) is 51.4 Å². The maximum Gasteiger partial charge on any atom is 0.240 e. The number of nitrogens with one attached hydrogen (secondary N) is 2. The van der Waals surface area contributed by atoms with Gasteiger partial charge in [0.15, 0.2) is 5.82 Å². The number of rotatable bonds is 13. The third-order valence-corrected chi connectivity index (χ3v) is 4.37. The number of nitrogens with two attached hydrogens (primary N) is 1. The molecule has 0 saturated carbocycles. The first kappa shape index (κ1) is 24.4. The molecule has 170 valence electrons. The van der Waals surface area contributed by atoms with Gasteiger partial charge in [-0.25, -0.2) is 4.68 Å². The maximum absolute atomic E-state index is 12.5. The van der Waals surface area contributed by atoms with E-state index in [2.05, 4.69) is 26.2 Å². The van der Waals surface area contributed by atoms with Crippen LogP contribution < -0.4 is 16.4 Å². The zero-order valence-corrected chi connectivity index (χ0v) is 18.0. The molecule has 0 aliphatic rings. The molecule has 0 spiro atoms. The first-order chi connectivity index (χ1) is 14.8. The molecule has 1 atom stereocenters. The van der Waals surface area contributed by atoms with E-state index in [0.717, 1.165) is 5.56 Å². The van der Waals surface area contributed by atoms with Gasteiger partial charge >= 0.3 is 0 Å². The van der Waals surface area contributed by atoms with Crippen molar-refractivity contribution in [3.63, 3.8) is 0 Å². The molecule has 0 bridgehead atoms. The zero-order chi connectivity index (χ0) is 22.7. The molecule has 1 heterocycles. The number of aliphatic hydroxyl groups is 1. The lowest BCUT2D eigenvalue weighted by Gasteiger charge is -2.23. The van der Waals surface area contributed by atoms with Gasteiger partial charge in [-0.05, 0) is 36.3 Å². The Balaban J connectivity index is 2.02. The number of carbonyl (C=O) groups is 2. The second-order valence-corrected chi connectivity index (χ2v) is 7.69. The summed E-state index contributed by atoms with van der Waals surface area (Å²) < 4.78 is 7.35. The van der Waals surface area contributed by atoms with Crippen LogP contribution in [0.15, 0.2) is 30.3 Å². The first-order valence-corrected chi connectivity index (χ1v) is 10.2. The number of tetrazole rings is 1. The van der Waals surface area contributed by atoms with E-state index in [1.54, 1.807) is 18.5 Å². The Kier molecular flexibility index (Phi) is 9.50. The monoisotopic (exact) mass is 433 g/mol. The van der Waals surface area contributed by atoms with Crippen molar-refractivity contribution < 1.29 is 19.4 Å². The molecule has 2 amide bonds. The van der Waals surface area contributed by atoms with Crippen molar-refractivity contribution in [2.75, 3.05) is 19.8 Å². The molecular weight excluding hydrogens is 402 g/mol. The fraction of sp³-hybridized carbons (Fsp3) is 0.550. The molecule has 0 aliphatic heterocycles. The molecule has 2 aromatic rings. The number of hydrogen-bond acceptors (Lipinski definition) is 8.